The number of aryl methyl sites for hydroxylation is 1. The third kappa shape index (κ3) is 5.66. The summed E-state index contributed by atoms with van der Waals surface area (Å²) < 4.78 is 0. The quantitative estimate of drug-likeness (QED) is 0.757. The molecule has 1 aromatic carbocycles. The van der Waals surface area contributed by atoms with Gasteiger partial charge in [-0.15, -0.1) is 0 Å². The second-order valence-corrected chi connectivity index (χ2v) is 7.78. The molecule has 1 nitrogen and oxygen atoms in total. The van der Waals surface area contributed by atoms with E-state index in [1.54, 1.807) is 0 Å². The normalized spacial score (nSPS) is 17.2. The monoisotopic (exact) mass is 273 g/mol. The van der Waals surface area contributed by atoms with Crippen LogP contribution in [0.25, 0.3) is 0 Å². The van der Waals surface area contributed by atoms with Crippen LogP contribution in [-0.2, 0) is 6.42 Å². The minimum Gasteiger partial charge on any atom is -0.314 e. The lowest BCUT2D eigenvalue weighted by Gasteiger charge is -2.24. The van der Waals surface area contributed by atoms with Crippen molar-refractivity contribution in [3.63, 3.8) is 0 Å². The summed E-state index contributed by atoms with van der Waals surface area (Å²) in [7, 11) is 0. The van der Waals surface area contributed by atoms with Crippen LogP contribution in [0.15, 0.2) is 24.3 Å². The van der Waals surface area contributed by atoms with Gasteiger partial charge in [-0.25, -0.2) is 0 Å². The van der Waals surface area contributed by atoms with Gasteiger partial charge >= 0.3 is 0 Å². The summed E-state index contributed by atoms with van der Waals surface area (Å²) in [6, 6.07) is 9.69. The van der Waals surface area contributed by atoms with Gasteiger partial charge in [-0.05, 0) is 68.0 Å². The molecule has 1 heteroatoms. The Hall–Kier alpha value is -0.820. The van der Waals surface area contributed by atoms with Crippen LogP contribution in [-0.4, -0.2) is 12.6 Å². The van der Waals surface area contributed by atoms with Crippen molar-refractivity contribution >= 4 is 0 Å². The molecule has 1 aliphatic rings. The van der Waals surface area contributed by atoms with Crippen LogP contribution in [0.3, 0.4) is 0 Å². The third-order valence-corrected chi connectivity index (χ3v) is 4.34. The predicted molar refractivity (Wildman–Crippen MR) is 88.1 cm³/mol. The lowest BCUT2D eigenvalue weighted by molar-refractivity contribution is 0.313. The Morgan fingerprint density at radius 1 is 1.20 bits per heavy atom. The van der Waals surface area contributed by atoms with Gasteiger partial charge in [0.1, 0.15) is 0 Å². The van der Waals surface area contributed by atoms with Crippen molar-refractivity contribution in [3.05, 3.63) is 35.4 Å². The van der Waals surface area contributed by atoms with Crippen molar-refractivity contribution in [2.24, 2.45) is 11.3 Å². The largest absolute Gasteiger partial charge is 0.314 e. The Bertz CT molecular complexity index is 412. The lowest BCUT2D eigenvalue weighted by Crippen LogP contribution is -2.27. The summed E-state index contributed by atoms with van der Waals surface area (Å²) in [6.45, 7) is 10.5. The van der Waals surface area contributed by atoms with Gasteiger partial charge in [0.2, 0.25) is 0 Å². The average Bonchev–Trinajstić information content (AvgIpc) is 3.18. The first-order chi connectivity index (χ1) is 9.44. The predicted octanol–water partition coefficient (Wildman–Crippen LogP) is 4.73. The number of hydrogen-bond acceptors (Lipinski definition) is 1. The fraction of sp³-hybridized carbons (Fsp3) is 0.684. The highest BCUT2D eigenvalue weighted by Crippen LogP contribution is 2.27. The minimum absolute atomic E-state index is 0.448. The molecule has 0 heterocycles. The zero-order chi connectivity index (χ0) is 14.6. The van der Waals surface area contributed by atoms with Crippen LogP contribution in [0.5, 0.6) is 0 Å². The van der Waals surface area contributed by atoms with E-state index in [0.717, 1.165) is 12.0 Å². The molecule has 2 rings (SSSR count). The Kier molecular flexibility index (Phi) is 5.26. The molecular formula is C19H31N. The van der Waals surface area contributed by atoms with Gasteiger partial charge in [0.25, 0.3) is 0 Å². The SMILES string of the molecule is Cc1ccccc1CC(CCC(C)(C)C)CNC1CC1. The molecule has 1 saturated carbocycles. The number of rotatable bonds is 7. The fourth-order valence-electron chi connectivity index (χ4n) is 2.68. The maximum Gasteiger partial charge on any atom is 0.00683 e. The van der Waals surface area contributed by atoms with Crippen molar-refractivity contribution in [2.45, 2.75) is 65.8 Å². The standard InChI is InChI=1S/C19H31N/c1-15-7-5-6-8-17(15)13-16(11-12-19(2,3)4)14-20-18-9-10-18/h5-8,16,18,20H,9-14H2,1-4H3. The van der Waals surface area contributed by atoms with Crippen molar-refractivity contribution in [1.29, 1.82) is 0 Å². The van der Waals surface area contributed by atoms with Gasteiger partial charge < -0.3 is 5.32 Å². The van der Waals surface area contributed by atoms with Crippen molar-refractivity contribution in [1.82, 2.24) is 5.32 Å². The van der Waals surface area contributed by atoms with E-state index in [2.05, 4.69) is 57.3 Å². The summed E-state index contributed by atoms with van der Waals surface area (Å²) in [4.78, 5) is 0. The Balaban J connectivity index is 1.91. The van der Waals surface area contributed by atoms with Gasteiger partial charge in [0, 0.05) is 6.04 Å². The Morgan fingerprint density at radius 2 is 1.90 bits per heavy atom. The molecule has 0 aromatic heterocycles. The summed E-state index contributed by atoms with van der Waals surface area (Å²) in [5, 5.41) is 3.73. The summed E-state index contributed by atoms with van der Waals surface area (Å²) >= 11 is 0. The number of nitrogens with one attached hydrogen (secondary N) is 1. The van der Waals surface area contributed by atoms with E-state index in [9.17, 15) is 0 Å². The van der Waals surface area contributed by atoms with Crippen molar-refractivity contribution in [3.8, 4) is 0 Å². The molecule has 20 heavy (non-hydrogen) atoms. The number of benzene rings is 1. The van der Waals surface area contributed by atoms with E-state index in [-0.39, 0.29) is 0 Å². The minimum atomic E-state index is 0.448. The zero-order valence-corrected chi connectivity index (χ0v) is 13.7. The highest BCUT2D eigenvalue weighted by atomic mass is 14.9. The van der Waals surface area contributed by atoms with Crippen LogP contribution < -0.4 is 5.32 Å². The van der Waals surface area contributed by atoms with Crippen LogP contribution in [0.1, 0.15) is 57.6 Å². The summed E-state index contributed by atoms with van der Waals surface area (Å²) in [5.74, 6) is 0.774. The maximum absolute atomic E-state index is 3.73. The molecule has 0 amide bonds. The fourth-order valence-corrected chi connectivity index (χ4v) is 2.68. The molecule has 1 unspecified atom stereocenters. The topological polar surface area (TPSA) is 12.0 Å². The van der Waals surface area contributed by atoms with E-state index in [1.165, 1.54) is 49.8 Å². The molecule has 0 bridgehead atoms. The average molecular weight is 273 g/mol. The van der Waals surface area contributed by atoms with Crippen LogP contribution in [0.4, 0.5) is 0 Å². The highest BCUT2D eigenvalue weighted by Gasteiger charge is 2.23. The molecule has 0 saturated heterocycles. The summed E-state index contributed by atoms with van der Waals surface area (Å²) in [5.41, 5.74) is 3.42. The molecule has 1 aliphatic carbocycles. The first kappa shape index (κ1) is 15.6. The zero-order valence-electron chi connectivity index (χ0n) is 13.7. The van der Waals surface area contributed by atoms with E-state index in [1.807, 2.05) is 0 Å². The first-order valence-electron chi connectivity index (χ1n) is 8.22. The Labute approximate surface area is 125 Å². The van der Waals surface area contributed by atoms with Gasteiger partial charge in [0.05, 0.1) is 0 Å². The molecule has 1 fully saturated rings. The number of hydrogen-bond donors (Lipinski definition) is 1. The molecule has 1 aromatic rings. The molecule has 112 valence electrons. The van der Waals surface area contributed by atoms with Crippen LogP contribution in [0.2, 0.25) is 0 Å². The van der Waals surface area contributed by atoms with Gasteiger partial charge in [-0.2, -0.15) is 0 Å². The van der Waals surface area contributed by atoms with E-state index < -0.39 is 0 Å². The second-order valence-electron chi connectivity index (χ2n) is 7.78. The maximum atomic E-state index is 3.73. The Morgan fingerprint density at radius 3 is 2.50 bits per heavy atom. The van der Waals surface area contributed by atoms with Crippen molar-refractivity contribution in [2.75, 3.05) is 6.54 Å². The van der Waals surface area contributed by atoms with E-state index >= 15 is 0 Å². The van der Waals surface area contributed by atoms with E-state index in [0.29, 0.717) is 5.41 Å². The molecule has 0 spiro atoms. The van der Waals surface area contributed by atoms with Crippen molar-refractivity contribution < 1.29 is 0 Å². The van der Waals surface area contributed by atoms with Crippen LogP contribution in [0, 0.1) is 18.3 Å². The van der Waals surface area contributed by atoms with Gasteiger partial charge in [-0.3, -0.25) is 0 Å². The molecule has 1 N–H and O–H groups in total. The lowest BCUT2D eigenvalue weighted by atomic mass is 9.84. The molecule has 0 aliphatic heterocycles. The third-order valence-electron chi connectivity index (χ3n) is 4.34. The van der Waals surface area contributed by atoms with Crippen LogP contribution >= 0.6 is 0 Å². The summed E-state index contributed by atoms with van der Waals surface area (Å²) in [6.07, 6.45) is 6.64. The molecular weight excluding hydrogens is 242 g/mol. The van der Waals surface area contributed by atoms with Gasteiger partial charge in [0.15, 0.2) is 0 Å². The van der Waals surface area contributed by atoms with Gasteiger partial charge in [-0.1, -0.05) is 45.0 Å². The first-order valence-corrected chi connectivity index (χ1v) is 8.22. The van der Waals surface area contributed by atoms with E-state index in [4.69, 9.17) is 0 Å². The molecule has 0 radical (unpaired) electrons. The highest BCUT2D eigenvalue weighted by molar-refractivity contribution is 5.26. The smallest absolute Gasteiger partial charge is 0.00683 e. The second kappa shape index (κ2) is 6.76. The molecule has 1 atom stereocenters.